The summed E-state index contributed by atoms with van der Waals surface area (Å²) in [7, 11) is 1.85. The van der Waals surface area contributed by atoms with Crippen molar-refractivity contribution in [2.24, 2.45) is 5.41 Å². The number of hydrogen-bond acceptors (Lipinski definition) is 2. The van der Waals surface area contributed by atoms with Crippen molar-refractivity contribution in [3.05, 3.63) is 60.0 Å². The monoisotopic (exact) mass is 252 g/mol. The molecule has 2 aliphatic rings. The maximum atomic E-state index is 12.4. The van der Waals surface area contributed by atoms with Crippen LogP contribution in [0.3, 0.4) is 0 Å². The molecule has 1 aliphatic heterocycles. The molecule has 1 saturated heterocycles. The first-order valence-electron chi connectivity index (χ1n) is 6.44. The second kappa shape index (κ2) is 4.50. The molecule has 0 aromatic carbocycles. The highest BCUT2D eigenvalue weighted by molar-refractivity contribution is 6.02. The standard InChI is InChI=1S/C16H16N2O/c1-18-12-16(7-3-2-4-8-16)14(15(18)19)11-13-5-9-17-10-6-13/h3-11H,2,12H2,1H3/b14-11+. The molecule has 1 aliphatic carbocycles. The van der Waals surface area contributed by atoms with Crippen molar-refractivity contribution in [3.8, 4) is 0 Å². The van der Waals surface area contributed by atoms with E-state index < -0.39 is 0 Å². The Hall–Kier alpha value is -2.16. The van der Waals surface area contributed by atoms with Crippen LogP contribution in [0, 0.1) is 5.41 Å². The van der Waals surface area contributed by atoms with E-state index in [4.69, 9.17) is 0 Å². The fourth-order valence-corrected chi connectivity index (χ4v) is 2.75. The third-order valence-electron chi connectivity index (χ3n) is 3.70. The van der Waals surface area contributed by atoms with Gasteiger partial charge in [0, 0.05) is 31.6 Å². The molecular formula is C16H16N2O. The van der Waals surface area contributed by atoms with E-state index in [0.29, 0.717) is 0 Å². The largest absolute Gasteiger partial charge is 0.340 e. The number of likely N-dealkylation sites (N-methyl/N-ethyl adjacent to an activating group) is 1. The van der Waals surface area contributed by atoms with Gasteiger partial charge in [-0.05, 0) is 30.2 Å². The van der Waals surface area contributed by atoms with Crippen LogP contribution in [-0.4, -0.2) is 29.4 Å². The van der Waals surface area contributed by atoms with Crippen LogP contribution >= 0.6 is 0 Å². The zero-order valence-electron chi connectivity index (χ0n) is 10.9. The third kappa shape index (κ3) is 2.01. The molecule has 0 atom stereocenters. The summed E-state index contributed by atoms with van der Waals surface area (Å²) in [5.74, 6) is 0.105. The first-order valence-corrected chi connectivity index (χ1v) is 6.44. The predicted octanol–water partition coefficient (Wildman–Crippen LogP) is 2.44. The number of rotatable bonds is 1. The van der Waals surface area contributed by atoms with Crippen LogP contribution in [0.25, 0.3) is 6.08 Å². The van der Waals surface area contributed by atoms with Crippen LogP contribution in [0.4, 0.5) is 0 Å². The summed E-state index contributed by atoms with van der Waals surface area (Å²) in [6, 6.07) is 3.84. The molecule has 0 unspecified atom stereocenters. The van der Waals surface area contributed by atoms with Gasteiger partial charge in [0.2, 0.25) is 0 Å². The molecule has 19 heavy (non-hydrogen) atoms. The number of carbonyl (C=O) groups is 1. The van der Waals surface area contributed by atoms with Crippen molar-refractivity contribution in [1.82, 2.24) is 9.88 Å². The molecule has 3 nitrogen and oxygen atoms in total. The van der Waals surface area contributed by atoms with E-state index in [2.05, 4.69) is 29.3 Å². The summed E-state index contributed by atoms with van der Waals surface area (Å²) in [5.41, 5.74) is 1.60. The van der Waals surface area contributed by atoms with Gasteiger partial charge in [0.25, 0.3) is 5.91 Å². The minimum absolute atomic E-state index is 0.105. The van der Waals surface area contributed by atoms with E-state index in [9.17, 15) is 4.79 Å². The van der Waals surface area contributed by atoms with E-state index in [1.165, 1.54) is 0 Å². The van der Waals surface area contributed by atoms with E-state index >= 15 is 0 Å². The Morgan fingerprint density at radius 3 is 2.63 bits per heavy atom. The van der Waals surface area contributed by atoms with Crippen molar-refractivity contribution >= 4 is 12.0 Å². The lowest BCUT2D eigenvalue weighted by molar-refractivity contribution is -0.123. The number of likely N-dealkylation sites (tertiary alicyclic amines) is 1. The first kappa shape index (κ1) is 11.9. The fraction of sp³-hybridized carbons (Fsp3) is 0.250. The second-order valence-electron chi connectivity index (χ2n) is 5.08. The van der Waals surface area contributed by atoms with Gasteiger partial charge in [-0.3, -0.25) is 9.78 Å². The molecule has 1 fully saturated rings. The molecule has 1 spiro atoms. The first-order chi connectivity index (χ1) is 9.21. The molecule has 0 N–H and O–H groups in total. The van der Waals surface area contributed by atoms with Crippen LogP contribution < -0.4 is 0 Å². The summed E-state index contributed by atoms with van der Waals surface area (Å²) < 4.78 is 0. The maximum Gasteiger partial charge on any atom is 0.250 e. The summed E-state index contributed by atoms with van der Waals surface area (Å²) in [5, 5.41) is 0. The molecule has 3 rings (SSSR count). The van der Waals surface area contributed by atoms with Crippen molar-refractivity contribution in [2.45, 2.75) is 6.42 Å². The number of amides is 1. The number of nitrogens with zero attached hydrogens (tertiary/aromatic N) is 2. The summed E-state index contributed by atoms with van der Waals surface area (Å²) in [6.45, 7) is 0.718. The van der Waals surface area contributed by atoms with Gasteiger partial charge in [0.05, 0.1) is 5.41 Å². The predicted molar refractivity (Wildman–Crippen MR) is 75.2 cm³/mol. The Labute approximate surface area is 113 Å². The fourth-order valence-electron chi connectivity index (χ4n) is 2.75. The lowest BCUT2D eigenvalue weighted by Crippen LogP contribution is -2.23. The zero-order valence-corrected chi connectivity index (χ0v) is 10.9. The van der Waals surface area contributed by atoms with Crippen molar-refractivity contribution in [1.29, 1.82) is 0 Å². The zero-order chi connectivity index (χ0) is 13.3. The van der Waals surface area contributed by atoms with E-state index in [0.717, 1.165) is 24.1 Å². The molecule has 0 bridgehead atoms. The van der Waals surface area contributed by atoms with Crippen LogP contribution in [-0.2, 0) is 4.79 Å². The molecule has 1 amide bonds. The van der Waals surface area contributed by atoms with E-state index in [1.54, 1.807) is 17.3 Å². The van der Waals surface area contributed by atoms with Crippen molar-refractivity contribution < 1.29 is 4.79 Å². The van der Waals surface area contributed by atoms with Crippen LogP contribution in [0.2, 0.25) is 0 Å². The second-order valence-corrected chi connectivity index (χ2v) is 5.08. The van der Waals surface area contributed by atoms with Gasteiger partial charge in [-0.15, -0.1) is 0 Å². The van der Waals surface area contributed by atoms with Crippen LogP contribution in [0.5, 0.6) is 0 Å². The smallest absolute Gasteiger partial charge is 0.250 e. The van der Waals surface area contributed by atoms with Gasteiger partial charge in [0.15, 0.2) is 0 Å². The maximum absolute atomic E-state index is 12.4. The van der Waals surface area contributed by atoms with E-state index in [-0.39, 0.29) is 11.3 Å². The molecular weight excluding hydrogens is 236 g/mol. The summed E-state index contributed by atoms with van der Waals surface area (Å²) in [6.07, 6.45) is 15.0. The molecule has 3 heteroatoms. The topological polar surface area (TPSA) is 33.2 Å². The minimum Gasteiger partial charge on any atom is -0.340 e. The summed E-state index contributed by atoms with van der Waals surface area (Å²) in [4.78, 5) is 18.1. The molecule has 0 saturated carbocycles. The highest BCUT2D eigenvalue weighted by atomic mass is 16.2. The number of carbonyl (C=O) groups excluding carboxylic acids is 1. The number of pyridine rings is 1. The highest BCUT2D eigenvalue weighted by Gasteiger charge is 2.43. The SMILES string of the molecule is CN1CC2(C=CCC=C2)/C(=C/c2ccncc2)C1=O. The van der Waals surface area contributed by atoms with Crippen molar-refractivity contribution in [2.75, 3.05) is 13.6 Å². The van der Waals surface area contributed by atoms with Gasteiger partial charge in [-0.2, -0.15) is 0 Å². The molecule has 0 radical (unpaired) electrons. The Bertz CT molecular complexity index is 572. The molecule has 1 aromatic heterocycles. The lowest BCUT2D eigenvalue weighted by atomic mass is 9.78. The number of allylic oxidation sites excluding steroid dienone is 2. The quantitative estimate of drug-likeness (QED) is 0.568. The minimum atomic E-state index is -0.257. The Kier molecular flexibility index (Phi) is 2.82. The molecule has 96 valence electrons. The Balaban J connectivity index is 2.08. The van der Waals surface area contributed by atoms with Crippen molar-refractivity contribution in [3.63, 3.8) is 0 Å². The van der Waals surface area contributed by atoms with E-state index in [1.807, 2.05) is 25.3 Å². The average Bonchev–Trinajstić information content (AvgIpc) is 2.66. The third-order valence-corrected chi connectivity index (χ3v) is 3.70. The summed E-state index contributed by atoms with van der Waals surface area (Å²) >= 11 is 0. The Morgan fingerprint density at radius 1 is 1.26 bits per heavy atom. The lowest BCUT2D eigenvalue weighted by Gasteiger charge is -2.23. The van der Waals surface area contributed by atoms with Gasteiger partial charge < -0.3 is 4.90 Å². The Morgan fingerprint density at radius 2 is 1.95 bits per heavy atom. The van der Waals surface area contributed by atoms with Gasteiger partial charge in [0.1, 0.15) is 0 Å². The average molecular weight is 252 g/mol. The van der Waals surface area contributed by atoms with Gasteiger partial charge in [-0.1, -0.05) is 24.3 Å². The van der Waals surface area contributed by atoms with Crippen LogP contribution in [0.15, 0.2) is 54.4 Å². The van der Waals surface area contributed by atoms with Crippen LogP contribution in [0.1, 0.15) is 12.0 Å². The van der Waals surface area contributed by atoms with Gasteiger partial charge >= 0.3 is 0 Å². The number of hydrogen-bond donors (Lipinski definition) is 0. The highest BCUT2D eigenvalue weighted by Crippen LogP contribution is 2.41. The normalized spacial score (nSPS) is 22.7. The van der Waals surface area contributed by atoms with Gasteiger partial charge in [-0.25, -0.2) is 0 Å². The molecule has 2 heterocycles. The molecule has 1 aromatic rings. The number of aromatic nitrogens is 1.